The number of carbonyl (C=O) groups is 2. The van der Waals surface area contributed by atoms with E-state index in [4.69, 9.17) is 16.3 Å². The van der Waals surface area contributed by atoms with Crippen LogP contribution in [-0.2, 0) is 4.79 Å². The second kappa shape index (κ2) is 7.09. The molecule has 0 unspecified atom stereocenters. The third kappa shape index (κ3) is 4.33. The molecule has 0 saturated heterocycles. The molecular weight excluding hydrogens is 302 g/mol. The molecule has 0 aromatic heterocycles. The van der Waals surface area contributed by atoms with Gasteiger partial charge < -0.3 is 10.1 Å². The lowest BCUT2D eigenvalue weighted by molar-refractivity contribution is -0.122. The summed E-state index contributed by atoms with van der Waals surface area (Å²) in [6.45, 7) is 3.17. The maximum atomic E-state index is 12.0. The number of Topliss-reactive ketones (excluding diaryl/α,β-unsaturated/α-hetero) is 1. The fourth-order valence-corrected chi connectivity index (χ4v) is 1.83. The van der Waals surface area contributed by atoms with Crippen LogP contribution in [0.5, 0.6) is 5.75 Å². The first-order chi connectivity index (χ1) is 10.5. The molecule has 0 radical (unpaired) electrons. The molecule has 2 aromatic rings. The van der Waals surface area contributed by atoms with Crippen molar-refractivity contribution in [3.05, 3.63) is 59.1 Å². The highest BCUT2D eigenvalue weighted by Gasteiger charge is 2.09. The molecule has 114 valence electrons. The van der Waals surface area contributed by atoms with Crippen molar-refractivity contribution in [1.82, 2.24) is 0 Å². The molecule has 0 bridgehead atoms. The molecule has 0 aliphatic carbocycles. The molecule has 0 aliphatic rings. The van der Waals surface area contributed by atoms with Gasteiger partial charge in [-0.2, -0.15) is 0 Å². The SMILES string of the molecule is CC(=O)[C@@H](C)Oc1ccc(NC(=O)c2ccc(Cl)cc2)cc1. The first-order valence-corrected chi connectivity index (χ1v) is 7.17. The number of hydrogen-bond donors (Lipinski definition) is 1. The van der Waals surface area contributed by atoms with E-state index in [9.17, 15) is 9.59 Å². The Morgan fingerprint density at radius 1 is 1.05 bits per heavy atom. The van der Waals surface area contributed by atoms with Crippen molar-refractivity contribution in [3.63, 3.8) is 0 Å². The monoisotopic (exact) mass is 317 g/mol. The molecule has 1 atom stereocenters. The summed E-state index contributed by atoms with van der Waals surface area (Å²) in [5, 5.41) is 3.36. The summed E-state index contributed by atoms with van der Waals surface area (Å²) in [5.74, 6) is 0.315. The van der Waals surface area contributed by atoms with E-state index in [1.54, 1.807) is 55.5 Å². The maximum Gasteiger partial charge on any atom is 0.255 e. The quantitative estimate of drug-likeness (QED) is 0.908. The van der Waals surface area contributed by atoms with Crippen LogP contribution in [0.25, 0.3) is 0 Å². The molecule has 0 saturated carbocycles. The summed E-state index contributed by atoms with van der Waals surface area (Å²) >= 11 is 5.79. The number of nitrogens with one attached hydrogen (secondary N) is 1. The van der Waals surface area contributed by atoms with Crippen LogP contribution in [0.15, 0.2) is 48.5 Å². The number of benzene rings is 2. The Morgan fingerprint density at radius 3 is 2.18 bits per heavy atom. The topological polar surface area (TPSA) is 55.4 Å². The van der Waals surface area contributed by atoms with Crippen LogP contribution < -0.4 is 10.1 Å². The van der Waals surface area contributed by atoms with Crippen molar-refractivity contribution in [1.29, 1.82) is 0 Å². The van der Waals surface area contributed by atoms with E-state index < -0.39 is 6.10 Å². The molecule has 2 aromatic carbocycles. The summed E-state index contributed by atoms with van der Waals surface area (Å²) in [7, 11) is 0. The van der Waals surface area contributed by atoms with Gasteiger partial charge in [0.05, 0.1) is 0 Å². The third-order valence-electron chi connectivity index (χ3n) is 3.10. The Hall–Kier alpha value is -2.33. The highest BCUT2D eigenvalue weighted by Crippen LogP contribution is 2.18. The minimum Gasteiger partial charge on any atom is -0.483 e. The van der Waals surface area contributed by atoms with Crippen LogP contribution >= 0.6 is 11.6 Å². The Morgan fingerprint density at radius 2 is 1.64 bits per heavy atom. The zero-order chi connectivity index (χ0) is 16.1. The van der Waals surface area contributed by atoms with E-state index in [1.807, 2.05) is 0 Å². The average molecular weight is 318 g/mol. The summed E-state index contributed by atoms with van der Waals surface area (Å²) < 4.78 is 5.46. The molecular formula is C17H16ClNO3. The van der Waals surface area contributed by atoms with Crippen molar-refractivity contribution in [3.8, 4) is 5.75 Å². The number of rotatable bonds is 5. The maximum absolute atomic E-state index is 12.0. The van der Waals surface area contributed by atoms with Gasteiger partial charge in [-0.15, -0.1) is 0 Å². The van der Waals surface area contributed by atoms with Crippen molar-refractivity contribution in [2.24, 2.45) is 0 Å². The van der Waals surface area contributed by atoms with Gasteiger partial charge in [-0.05, 0) is 62.4 Å². The minimum atomic E-state index is -0.491. The van der Waals surface area contributed by atoms with Crippen LogP contribution in [0.2, 0.25) is 5.02 Å². The number of halogens is 1. The Kier molecular flexibility index (Phi) is 5.17. The summed E-state index contributed by atoms with van der Waals surface area (Å²) in [6.07, 6.45) is -0.491. The van der Waals surface area contributed by atoms with Gasteiger partial charge in [0, 0.05) is 16.3 Å². The normalized spacial score (nSPS) is 11.6. The lowest BCUT2D eigenvalue weighted by atomic mass is 10.2. The minimum absolute atomic E-state index is 0.0416. The summed E-state index contributed by atoms with van der Waals surface area (Å²) in [5.41, 5.74) is 1.16. The van der Waals surface area contributed by atoms with Gasteiger partial charge in [0.1, 0.15) is 5.75 Å². The lowest BCUT2D eigenvalue weighted by Gasteiger charge is -2.12. The van der Waals surface area contributed by atoms with Crippen LogP contribution in [0.1, 0.15) is 24.2 Å². The Labute approximate surface area is 134 Å². The second-order valence-corrected chi connectivity index (χ2v) is 5.29. The predicted octanol–water partition coefficient (Wildman–Crippen LogP) is 3.95. The van der Waals surface area contributed by atoms with E-state index >= 15 is 0 Å². The number of ketones is 1. The average Bonchev–Trinajstić information content (AvgIpc) is 2.49. The van der Waals surface area contributed by atoms with Gasteiger partial charge in [-0.25, -0.2) is 0 Å². The fourth-order valence-electron chi connectivity index (χ4n) is 1.71. The second-order valence-electron chi connectivity index (χ2n) is 4.86. The number of carbonyl (C=O) groups excluding carboxylic acids is 2. The van der Waals surface area contributed by atoms with Crippen molar-refractivity contribution >= 4 is 29.0 Å². The Balaban J connectivity index is 2.00. The summed E-state index contributed by atoms with van der Waals surface area (Å²) in [6, 6.07) is 13.5. The van der Waals surface area contributed by atoms with E-state index in [1.165, 1.54) is 6.92 Å². The molecule has 1 N–H and O–H groups in total. The van der Waals surface area contributed by atoms with Crippen LogP contribution in [-0.4, -0.2) is 17.8 Å². The van der Waals surface area contributed by atoms with E-state index in [-0.39, 0.29) is 11.7 Å². The molecule has 1 amide bonds. The third-order valence-corrected chi connectivity index (χ3v) is 3.36. The number of hydrogen-bond acceptors (Lipinski definition) is 3. The molecule has 2 rings (SSSR count). The predicted molar refractivity (Wildman–Crippen MR) is 86.6 cm³/mol. The van der Waals surface area contributed by atoms with Gasteiger partial charge in [-0.1, -0.05) is 11.6 Å². The molecule has 22 heavy (non-hydrogen) atoms. The molecule has 0 heterocycles. The number of ether oxygens (including phenoxy) is 1. The molecule has 4 nitrogen and oxygen atoms in total. The summed E-state index contributed by atoms with van der Waals surface area (Å²) in [4.78, 5) is 23.2. The van der Waals surface area contributed by atoms with Crippen molar-refractivity contribution in [2.75, 3.05) is 5.32 Å². The number of amides is 1. The van der Waals surface area contributed by atoms with Crippen LogP contribution in [0.4, 0.5) is 5.69 Å². The van der Waals surface area contributed by atoms with Crippen molar-refractivity contribution in [2.45, 2.75) is 20.0 Å². The van der Waals surface area contributed by atoms with E-state index in [0.29, 0.717) is 22.0 Å². The molecule has 0 aliphatic heterocycles. The Bertz CT molecular complexity index is 665. The lowest BCUT2D eigenvalue weighted by Crippen LogP contribution is -2.20. The highest BCUT2D eigenvalue weighted by molar-refractivity contribution is 6.30. The zero-order valence-corrected chi connectivity index (χ0v) is 13.1. The van der Waals surface area contributed by atoms with E-state index in [2.05, 4.69) is 5.32 Å². The standard InChI is InChI=1S/C17H16ClNO3/c1-11(20)12(2)22-16-9-7-15(8-10-16)19-17(21)13-3-5-14(18)6-4-13/h3-10,12H,1-2H3,(H,19,21)/t12-/m1/s1. The molecule has 5 heteroatoms. The van der Waals surface area contributed by atoms with Gasteiger partial charge in [0.25, 0.3) is 5.91 Å². The van der Waals surface area contributed by atoms with E-state index in [0.717, 1.165) is 0 Å². The highest BCUT2D eigenvalue weighted by atomic mass is 35.5. The number of anilines is 1. The first kappa shape index (κ1) is 16.0. The largest absolute Gasteiger partial charge is 0.483 e. The first-order valence-electron chi connectivity index (χ1n) is 6.80. The van der Waals surface area contributed by atoms with Gasteiger partial charge in [0.15, 0.2) is 11.9 Å². The fraction of sp³-hybridized carbons (Fsp3) is 0.176. The van der Waals surface area contributed by atoms with Crippen LogP contribution in [0, 0.1) is 0 Å². The molecule has 0 spiro atoms. The van der Waals surface area contributed by atoms with Crippen LogP contribution in [0.3, 0.4) is 0 Å². The van der Waals surface area contributed by atoms with Crippen molar-refractivity contribution < 1.29 is 14.3 Å². The zero-order valence-electron chi connectivity index (χ0n) is 12.3. The van der Waals surface area contributed by atoms with Gasteiger partial charge >= 0.3 is 0 Å². The van der Waals surface area contributed by atoms with Gasteiger partial charge in [-0.3, -0.25) is 9.59 Å². The smallest absolute Gasteiger partial charge is 0.255 e. The van der Waals surface area contributed by atoms with Gasteiger partial charge in [0.2, 0.25) is 0 Å². The molecule has 0 fully saturated rings.